The molecule has 0 radical (unpaired) electrons. The van der Waals surface area contributed by atoms with E-state index in [2.05, 4.69) is 11.5 Å². The first kappa shape index (κ1) is 10.4. The first-order valence-corrected chi connectivity index (χ1v) is 4.75. The lowest BCUT2D eigenvalue weighted by Crippen LogP contribution is -2.38. The van der Waals surface area contributed by atoms with Crippen molar-refractivity contribution in [3.8, 4) is 0 Å². The molecule has 0 N–H and O–H groups in total. The lowest BCUT2D eigenvalue weighted by molar-refractivity contribution is -0.115. The third-order valence-corrected chi connectivity index (χ3v) is 2.23. The highest BCUT2D eigenvalue weighted by atomic mass is 16.5. The van der Waals surface area contributed by atoms with Gasteiger partial charge in [0.25, 0.3) is 0 Å². The van der Waals surface area contributed by atoms with Gasteiger partial charge in [0.1, 0.15) is 0 Å². The monoisotopic (exact) mass is 183 g/mol. The third kappa shape index (κ3) is 3.28. The maximum atomic E-state index is 11.2. The van der Waals surface area contributed by atoms with Crippen LogP contribution in [0.3, 0.4) is 0 Å². The van der Waals surface area contributed by atoms with Crippen LogP contribution in [0.25, 0.3) is 0 Å². The summed E-state index contributed by atoms with van der Waals surface area (Å²) in [6, 6.07) is 0. The van der Waals surface area contributed by atoms with Crippen molar-refractivity contribution in [1.29, 1.82) is 0 Å². The van der Waals surface area contributed by atoms with Crippen LogP contribution in [0.2, 0.25) is 0 Å². The minimum absolute atomic E-state index is 0.173. The fourth-order valence-electron chi connectivity index (χ4n) is 1.37. The zero-order valence-corrected chi connectivity index (χ0v) is 8.21. The van der Waals surface area contributed by atoms with E-state index in [1.165, 1.54) is 0 Å². The van der Waals surface area contributed by atoms with Gasteiger partial charge in [-0.1, -0.05) is 13.5 Å². The zero-order valence-electron chi connectivity index (χ0n) is 8.21. The summed E-state index contributed by atoms with van der Waals surface area (Å²) in [6.07, 6.45) is 0.559. The quantitative estimate of drug-likeness (QED) is 0.605. The topological polar surface area (TPSA) is 29.5 Å². The smallest absolute Gasteiger partial charge is 0.159 e. The van der Waals surface area contributed by atoms with Gasteiger partial charge in [-0.15, -0.1) is 0 Å². The number of morpholine rings is 1. The van der Waals surface area contributed by atoms with Crippen molar-refractivity contribution in [2.24, 2.45) is 0 Å². The number of hydrogen-bond acceptors (Lipinski definition) is 3. The fraction of sp³-hybridized carbons (Fsp3) is 0.700. The van der Waals surface area contributed by atoms with Crippen molar-refractivity contribution < 1.29 is 9.53 Å². The Balaban J connectivity index is 2.30. The number of rotatable bonds is 4. The van der Waals surface area contributed by atoms with Crippen LogP contribution in [-0.4, -0.2) is 43.5 Å². The van der Waals surface area contributed by atoms with Crippen molar-refractivity contribution in [1.82, 2.24) is 4.90 Å². The molecule has 1 heterocycles. The van der Waals surface area contributed by atoms with Gasteiger partial charge in [-0.3, -0.25) is 9.69 Å². The summed E-state index contributed by atoms with van der Waals surface area (Å²) in [6.45, 7) is 9.73. The summed E-state index contributed by atoms with van der Waals surface area (Å²) in [5.41, 5.74) is 0.726. The van der Waals surface area contributed by atoms with Gasteiger partial charge in [0.05, 0.1) is 13.2 Å². The Morgan fingerprint density at radius 1 is 1.46 bits per heavy atom. The number of hydrogen-bond donors (Lipinski definition) is 0. The average Bonchev–Trinajstić information content (AvgIpc) is 2.18. The molecule has 1 saturated heterocycles. The summed E-state index contributed by atoms with van der Waals surface area (Å²) in [5, 5.41) is 0. The number of carbonyl (C=O) groups is 1. The lowest BCUT2D eigenvalue weighted by atomic mass is 10.1. The predicted octanol–water partition coefficient (Wildman–Crippen LogP) is 0.854. The molecule has 0 aromatic carbocycles. The van der Waals surface area contributed by atoms with Crippen LogP contribution in [-0.2, 0) is 9.53 Å². The number of Topliss-reactive ketones (excluding diaryl/α,β-unsaturated/α-hetero) is 1. The van der Waals surface area contributed by atoms with Crippen LogP contribution in [0.4, 0.5) is 0 Å². The molecule has 1 fully saturated rings. The van der Waals surface area contributed by atoms with E-state index in [1.54, 1.807) is 0 Å². The van der Waals surface area contributed by atoms with Crippen LogP contribution in [0.15, 0.2) is 12.2 Å². The SMILES string of the molecule is C=C(CN1CCOCC1)C(=O)CC. The Bertz CT molecular complexity index is 195. The molecule has 3 heteroatoms. The van der Waals surface area contributed by atoms with E-state index in [9.17, 15) is 4.79 Å². The first-order valence-electron chi connectivity index (χ1n) is 4.75. The van der Waals surface area contributed by atoms with E-state index >= 15 is 0 Å². The molecular formula is C10H17NO2. The Morgan fingerprint density at radius 3 is 2.62 bits per heavy atom. The minimum Gasteiger partial charge on any atom is -0.379 e. The standard InChI is InChI=1S/C10H17NO2/c1-3-10(12)9(2)8-11-4-6-13-7-5-11/h2-8H2,1H3. The van der Waals surface area contributed by atoms with E-state index in [0.717, 1.165) is 31.9 Å². The summed E-state index contributed by atoms with van der Waals surface area (Å²) >= 11 is 0. The summed E-state index contributed by atoms with van der Waals surface area (Å²) in [5.74, 6) is 0.173. The highest BCUT2D eigenvalue weighted by molar-refractivity contribution is 5.94. The van der Waals surface area contributed by atoms with E-state index in [4.69, 9.17) is 4.74 Å². The minimum atomic E-state index is 0.173. The molecule has 1 aliphatic rings. The van der Waals surface area contributed by atoms with Crippen LogP contribution >= 0.6 is 0 Å². The molecule has 0 unspecified atom stereocenters. The van der Waals surface area contributed by atoms with Crippen molar-refractivity contribution >= 4 is 5.78 Å². The zero-order chi connectivity index (χ0) is 9.68. The Morgan fingerprint density at radius 2 is 2.08 bits per heavy atom. The average molecular weight is 183 g/mol. The summed E-state index contributed by atoms with van der Waals surface area (Å²) < 4.78 is 5.21. The van der Waals surface area contributed by atoms with E-state index in [-0.39, 0.29) is 5.78 Å². The normalized spacial score (nSPS) is 18.5. The maximum absolute atomic E-state index is 11.2. The molecule has 0 saturated carbocycles. The molecule has 74 valence electrons. The Hall–Kier alpha value is -0.670. The molecule has 0 aromatic rings. The number of carbonyl (C=O) groups excluding carboxylic acids is 1. The second kappa shape index (κ2) is 5.14. The van der Waals surface area contributed by atoms with Gasteiger partial charge in [-0.05, 0) is 0 Å². The molecule has 0 aromatic heterocycles. The van der Waals surface area contributed by atoms with Crippen LogP contribution in [0.1, 0.15) is 13.3 Å². The van der Waals surface area contributed by atoms with E-state index in [1.807, 2.05) is 6.92 Å². The molecule has 0 amide bonds. The number of nitrogens with zero attached hydrogens (tertiary/aromatic N) is 1. The number of ether oxygens (including phenoxy) is 1. The van der Waals surface area contributed by atoms with Crippen LogP contribution in [0.5, 0.6) is 0 Å². The fourth-order valence-corrected chi connectivity index (χ4v) is 1.37. The third-order valence-electron chi connectivity index (χ3n) is 2.23. The van der Waals surface area contributed by atoms with Gasteiger partial charge in [-0.25, -0.2) is 0 Å². The van der Waals surface area contributed by atoms with Gasteiger partial charge < -0.3 is 4.74 Å². The molecule has 3 nitrogen and oxygen atoms in total. The van der Waals surface area contributed by atoms with Crippen molar-refractivity contribution in [3.05, 3.63) is 12.2 Å². The van der Waals surface area contributed by atoms with Crippen molar-refractivity contribution in [2.75, 3.05) is 32.8 Å². The highest BCUT2D eigenvalue weighted by Crippen LogP contribution is 2.03. The summed E-state index contributed by atoms with van der Waals surface area (Å²) in [4.78, 5) is 13.4. The van der Waals surface area contributed by atoms with Gasteiger partial charge in [-0.2, -0.15) is 0 Å². The molecule has 13 heavy (non-hydrogen) atoms. The maximum Gasteiger partial charge on any atom is 0.159 e. The van der Waals surface area contributed by atoms with Gasteiger partial charge in [0.15, 0.2) is 5.78 Å². The van der Waals surface area contributed by atoms with E-state index in [0.29, 0.717) is 13.0 Å². The van der Waals surface area contributed by atoms with Crippen LogP contribution < -0.4 is 0 Å². The largest absolute Gasteiger partial charge is 0.379 e. The Kier molecular flexibility index (Phi) is 4.12. The second-order valence-electron chi connectivity index (χ2n) is 3.27. The van der Waals surface area contributed by atoms with E-state index < -0.39 is 0 Å². The molecule has 0 bridgehead atoms. The predicted molar refractivity (Wildman–Crippen MR) is 51.7 cm³/mol. The molecule has 0 spiro atoms. The first-order chi connectivity index (χ1) is 6.24. The Labute approximate surface area is 79.4 Å². The highest BCUT2D eigenvalue weighted by Gasteiger charge is 2.13. The van der Waals surface area contributed by atoms with Crippen molar-refractivity contribution in [2.45, 2.75) is 13.3 Å². The molecule has 0 aliphatic carbocycles. The molecule has 0 atom stereocenters. The number of ketones is 1. The van der Waals surface area contributed by atoms with Crippen LogP contribution in [0, 0.1) is 0 Å². The second-order valence-corrected chi connectivity index (χ2v) is 3.27. The summed E-state index contributed by atoms with van der Waals surface area (Å²) in [7, 11) is 0. The van der Waals surface area contributed by atoms with Gasteiger partial charge >= 0.3 is 0 Å². The lowest BCUT2D eigenvalue weighted by Gasteiger charge is -2.26. The molecule has 1 aliphatic heterocycles. The van der Waals surface area contributed by atoms with Gasteiger partial charge in [0, 0.05) is 31.6 Å². The van der Waals surface area contributed by atoms with Crippen molar-refractivity contribution in [3.63, 3.8) is 0 Å². The molecular weight excluding hydrogens is 166 g/mol. The molecule has 1 rings (SSSR count). The van der Waals surface area contributed by atoms with Gasteiger partial charge in [0.2, 0.25) is 0 Å².